The van der Waals surface area contributed by atoms with Crippen LogP contribution in [0.15, 0.2) is 53.7 Å². The molecular weight excluding hydrogens is 438 g/mol. The summed E-state index contributed by atoms with van der Waals surface area (Å²) in [4.78, 5) is 14.6. The Kier molecular flexibility index (Phi) is 7.85. The maximum absolute atomic E-state index is 12.4. The first-order valence-electron chi connectivity index (χ1n) is 11.0. The standard InChI is InChI=1S/C24H29N5O3S/c1-18-5-3-7-20(15-18)29-23(28-10-13-31-14-11-28)26-27-24(29)33-17-22(30)25-9-12-32-21-8-4-6-19(2)16-21/h3-8,15-16H,9-14,17H2,1-2H3,(H,25,30). The lowest BCUT2D eigenvalue weighted by Gasteiger charge is -2.28. The summed E-state index contributed by atoms with van der Waals surface area (Å²) in [6.45, 7) is 7.78. The maximum Gasteiger partial charge on any atom is 0.232 e. The summed E-state index contributed by atoms with van der Waals surface area (Å²) in [7, 11) is 0. The van der Waals surface area contributed by atoms with E-state index in [1.54, 1.807) is 0 Å². The molecule has 1 aromatic heterocycles. The van der Waals surface area contributed by atoms with Crippen LogP contribution in [0.1, 0.15) is 11.1 Å². The van der Waals surface area contributed by atoms with Crippen LogP contribution in [0.3, 0.4) is 0 Å². The van der Waals surface area contributed by atoms with E-state index >= 15 is 0 Å². The zero-order valence-corrected chi connectivity index (χ0v) is 19.8. The zero-order valence-electron chi connectivity index (χ0n) is 19.0. The van der Waals surface area contributed by atoms with E-state index in [1.807, 2.05) is 47.9 Å². The van der Waals surface area contributed by atoms with E-state index in [0.717, 1.165) is 41.6 Å². The van der Waals surface area contributed by atoms with Gasteiger partial charge in [0.25, 0.3) is 0 Å². The Hall–Kier alpha value is -3.04. The fourth-order valence-corrected chi connectivity index (χ4v) is 4.34. The van der Waals surface area contributed by atoms with Gasteiger partial charge in [-0.25, -0.2) is 0 Å². The highest BCUT2D eigenvalue weighted by atomic mass is 32.2. The lowest BCUT2D eigenvalue weighted by molar-refractivity contribution is -0.118. The average molecular weight is 468 g/mol. The number of amides is 1. The SMILES string of the molecule is Cc1cccc(OCCNC(=O)CSc2nnc(N3CCOCC3)n2-c2cccc(C)c2)c1. The highest BCUT2D eigenvalue weighted by molar-refractivity contribution is 7.99. The molecule has 1 amide bonds. The number of thioether (sulfide) groups is 1. The third kappa shape index (κ3) is 6.27. The van der Waals surface area contributed by atoms with Gasteiger partial charge < -0.3 is 19.7 Å². The van der Waals surface area contributed by atoms with Crippen LogP contribution in [0.5, 0.6) is 5.75 Å². The van der Waals surface area contributed by atoms with Crippen LogP contribution < -0.4 is 15.0 Å². The fraction of sp³-hybridized carbons (Fsp3) is 0.375. The first kappa shape index (κ1) is 23.1. The predicted octanol–water partition coefficient (Wildman–Crippen LogP) is 3.01. The van der Waals surface area contributed by atoms with Crippen molar-refractivity contribution in [2.45, 2.75) is 19.0 Å². The molecule has 8 nitrogen and oxygen atoms in total. The monoisotopic (exact) mass is 467 g/mol. The van der Waals surface area contributed by atoms with Crippen molar-refractivity contribution in [3.8, 4) is 11.4 Å². The van der Waals surface area contributed by atoms with Gasteiger partial charge >= 0.3 is 0 Å². The number of carbonyl (C=O) groups excluding carboxylic acids is 1. The minimum atomic E-state index is -0.0699. The summed E-state index contributed by atoms with van der Waals surface area (Å²) in [5.41, 5.74) is 3.27. The van der Waals surface area contributed by atoms with Crippen LogP contribution in [-0.4, -0.2) is 65.9 Å². The first-order valence-corrected chi connectivity index (χ1v) is 12.0. The Balaban J connectivity index is 1.37. The highest BCUT2D eigenvalue weighted by Crippen LogP contribution is 2.27. The molecule has 2 heterocycles. The molecule has 1 fully saturated rings. The van der Waals surface area contributed by atoms with Crippen LogP contribution in [0, 0.1) is 13.8 Å². The van der Waals surface area contributed by atoms with Gasteiger partial charge in [-0.3, -0.25) is 9.36 Å². The van der Waals surface area contributed by atoms with Crippen molar-refractivity contribution >= 4 is 23.6 Å². The molecule has 1 aliphatic rings. The summed E-state index contributed by atoms with van der Waals surface area (Å²) in [6.07, 6.45) is 0. The van der Waals surface area contributed by atoms with Gasteiger partial charge in [-0.2, -0.15) is 0 Å². The Morgan fingerprint density at radius 1 is 1.09 bits per heavy atom. The smallest absolute Gasteiger partial charge is 0.232 e. The van der Waals surface area contributed by atoms with Crippen molar-refractivity contribution in [2.24, 2.45) is 0 Å². The summed E-state index contributed by atoms with van der Waals surface area (Å²) >= 11 is 1.38. The summed E-state index contributed by atoms with van der Waals surface area (Å²) < 4.78 is 13.2. The van der Waals surface area contributed by atoms with Gasteiger partial charge in [-0.1, -0.05) is 36.0 Å². The molecule has 174 valence electrons. The van der Waals surface area contributed by atoms with E-state index in [1.165, 1.54) is 11.8 Å². The third-order valence-corrected chi connectivity index (χ3v) is 6.11. The van der Waals surface area contributed by atoms with Gasteiger partial charge in [-0.15, -0.1) is 10.2 Å². The Morgan fingerprint density at radius 3 is 2.61 bits per heavy atom. The molecule has 1 N–H and O–H groups in total. The molecule has 9 heteroatoms. The van der Waals surface area contributed by atoms with E-state index in [0.29, 0.717) is 31.5 Å². The summed E-state index contributed by atoms with van der Waals surface area (Å²) in [5.74, 6) is 1.76. The van der Waals surface area contributed by atoms with E-state index in [2.05, 4.69) is 39.5 Å². The second-order valence-corrected chi connectivity index (χ2v) is 8.80. The fourth-order valence-electron chi connectivity index (χ4n) is 3.56. The molecule has 2 aromatic carbocycles. The van der Waals surface area contributed by atoms with Crippen LogP contribution in [0.4, 0.5) is 5.95 Å². The van der Waals surface area contributed by atoms with Crippen molar-refractivity contribution < 1.29 is 14.3 Å². The van der Waals surface area contributed by atoms with Gasteiger partial charge in [0.15, 0.2) is 5.16 Å². The number of benzene rings is 2. The van der Waals surface area contributed by atoms with Crippen LogP contribution >= 0.6 is 11.8 Å². The first-order chi connectivity index (χ1) is 16.1. The molecule has 0 spiro atoms. The van der Waals surface area contributed by atoms with E-state index < -0.39 is 0 Å². The Labute approximate surface area is 198 Å². The molecule has 0 radical (unpaired) electrons. The van der Waals surface area contributed by atoms with Crippen molar-refractivity contribution in [2.75, 3.05) is 50.1 Å². The van der Waals surface area contributed by atoms with Gasteiger partial charge in [0.1, 0.15) is 12.4 Å². The molecule has 0 saturated carbocycles. The molecule has 1 saturated heterocycles. The largest absolute Gasteiger partial charge is 0.492 e. The van der Waals surface area contributed by atoms with Gasteiger partial charge in [0, 0.05) is 13.1 Å². The van der Waals surface area contributed by atoms with Crippen LogP contribution in [0.2, 0.25) is 0 Å². The number of hydrogen-bond donors (Lipinski definition) is 1. The molecule has 0 unspecified atom stereocenters. The number of nitrogens with one attached hydrogen (secondary N) is 1. The van der Waals surface area contributed by atoms with Crippen LogP contribution in [0.25, 0.3) is 5.69 Å². The zero-order chi connectivity index (χ0) is 23.0. The second-order valence-electron chi connectivity index (χ2n) is 7.86. The Morgan fingerprint density at radius 2 is 1.85 bits per heavy atom. The minimum absolute atomic E-state index is 0.0699. The highest BCUT2D eigenvalue weighted by Gasteiger charge is 2.22. The molecule has 1 aliphatic heterocycles. The van der Waals surface area contributed by atoms with Crippen molar-refractivity contribution in [3.05, 3.63) is 59.7 Å². The number of aryl methyl sites for hydroxylation is 2. The number of anilines is 1. The predicted molar refractivity (Wildman–Crippen MR) is 130 cm³/mol. The molecular formula is C24H29N5O3S. The summed E-state index contributed by atoms with van der Waals surface area (Å²) in [5, 5.41) is 12.4. The summed E-state index contributed by atoms with van der Waals surface area (Å²) in [6, 6.07) is 16.1. The number of morpholine rings is 1. The minimum Gasteiger partial charge on any atom is -0.492 e. The van der Waals surface area contributed by atoms with E-state index in [4.69, 9.17) is 9.47 Å². The van der Waals surface area contributed by atoms with Crippen molar-refractivity contribution in [1.29, 1.82) is 0 Å². The number of rotatable bonds is 9. The quantitative estimate of drug-likeness (QED) is 0.383. The molecule has 4 rings (SSSR count). The van der Waals surface area contributed by atoms with Crippen LogP contribution in [-0.2, 0) is 9.53 Å². The van der Waals surface area contributed by atoms with E-state index in [9.17, 15) is 4.79 Å². The molecule has 0 aliphatic carbocycles. The maximum atomic E-state index is 12.4. The van der Waals surface area contributed by atoms with E-state index in [-0.39, 0.29) is 11.7 Å². The van der Waals surface area contributed by atoms with Crippen molar-refractivity contribution in [1.82, 2.24) is 20.1 Å². The van der Waals surface area contributed by atoms with Gasteiger partial charge in [-0.05, 0) is 49.2 Å². The van der Waals surface area contributed by atoms with Gasteiger partial charge in [0.05, 0.1) is 31.2 Å². The van der Waals surface area contributed by atoms with Crippen molar-refractivity contribution in [3.63, 3.8) is 0 Å². The number of carbonyl (C=O) groups is 1. The topological polar surface area (TPSA) is 81.5 Å². The lowest BCUT2D eigenvalue weighted by atomic mass is 10.2. The molecule has 33 heavy (non-hydrogen) atoms. The normalized spacial score (nSPS) is 13.7. The number of nitrogens with zero attached hydrogens (tertiary/aromatic N) is 4. The molecule has 0 bridgehead atoms. The van der Waals surface area contributed by atoms with Gasteiger partial charge in [0.2, 0.25) is 11.9 Å². The average Bonchev–Trinajstić information content (AvgIpc) is 3.25. The lowest BCUT2D eigenvalue weighted by Crippen LogP contribution is -2.37. The molecule has 3 aromatic rings. The number of aromatic nitrogens is 3. The number of ether oxygens (including phenoxy) is 2. The number of hydrogen-bond acceptors (Lipinski definition) is 7. The third-order valence-electron chi connectivity index (χ3n) is 5.18. The Bertz CT molecular complexity index is 1080. The molecule has 0 atom stereocenters. The second kappa shape index (κ2) is 11.2.